The van der Waals surface area contributed by atoms with Crippen LogP contribution in [0.15, 0.2) is 30.5 Å². The summed E-state index contributed by atoms with van der Waals surface area (Å²) in [5.74, 6) is -2.22. The zero-order valence-corrected chi connectivity index (χ0v) is 12.8. The van der Waals surface area contributed by atoms with E-state index >= 15 is 0 Å². The summed E-state index contributed by atoms with van der Waals surface area (Å²) in [6.45, 7) is 0. The van der Waals surface area contributed by atoms with Crippen LogP contribution >= 0.6 is 15.9 Å². The van der Waals surface area contributed by atoms with Crippen LogP contribution in [0, 0.1) is 11.6 Å². The summed E-state index contributed by atoms with van der Waals surface area (Å²) < 4.78 is 26.4. The molecule has 1 heterocycles. The number of halogens is 3. The lowest BCUT2D eigenvalue weighted by Crippen LogP contribution is -2.34. The molecule has 0 spiro atoms. The summed E-state index contributed by atoms with van der Waals surface area (Å²) in [6, 6.07) is 2.87. The van der Waals surface area contributed by atoms with E-state index in [2.05, 4.69) is 15.9 Å². The van der Waals surface area contributed by atoms with Crippen molar-refractivity contribution in [2.24, 2.45) is 0 Å². The van der Waals surface area contributed by atoms with Gasteiger partial charge in [0.25, 0.3) is 0 Å². The second-order valence-electron chi connectivity index (χ2n) is 4.77. The predicted octanol–water partition coefficient (Wildman–Crippen LogP) is 3.50. The van der Waals surface area contributed by atoms with E-state index in [-0.39, 0.29) is 18.1 Å². The van der Waals surface area contributed by atoms with Crippen LogP contribution in [-0.2, 0) is 9.59 Å². The lowest BCUT2D eigenvalue weighted by molar-refractivity contribution is -0.132. The van der Waals surface area contributed by atoms with E-state index in [0.717, 1.165) is 12.1 Å². The molecular formula is C15H14BrF2NO2. The first-order chi connectivity index (χ1) is 10.0. The molecule has 21 heavy (non-hydrogen) atoms. The highest BCUT2D eigenvalue weighted by Crippen LogP contribution is 2.30. The van der Waals surface area contributed by atoms with Gasteiger partial charge in [-0.1, -0.05) is 22.0 Å². The Morgan fingerprint density at radius 3 is 2.76 bits per heavy atom. The van der Waals surface area contributed by atoms with Gasteiger partial charge in [0.05, 0.1) is 6.04 Å². The first-order valence-corrected chi connectivity index (χ1v) is 7.68. The fourth-order valence-corrected chi connectivity index (χ4v) is 2.51. The highest BCUT2D eigenvalue weighted by atomic mass is 79.9. The fourth-order valence-electron chi connectivity index (χ4n) is 2.23. The van der Waals surface area contributed by atoms with E-state index in [1.807, 2.05) is 0 Å². The number of allylic oxidation sites excluding steroid dienone is 1. The van der Waals surface area contributed by atoms with Gasteiger partial charge in [0, 0.05) is 24.4 Å². The Labute approximate surface area is 129 Å². The van der Waals surface area contributed by atoms with Crippen LogP contribution in [0.25, 0.3) is 0 Å². The van der Waals surface area contributed by atoms with Crippen LogP contribution in [0.4, 0.5) is 8.78 Å². The van der Waals surface area contributed by atoms with E-state index < -0.39 is 17.7 Å². The molecule has 0 aromatic heterocycles. The number of carbonyl (C=O) groups is 2. The Balaban J connectivity index is 2.28. The molecule has 0 saturated heterocycles. The number of hydrogen-bond acceptors (Lipinski definition) is 2. The molecule has 1 aliphatic rings. The first-order valence-electron chi connectivity index (χ1n) is 6.56. The summed E-state index contributed by atoms with van der Waals surface area (Å²) in [4.78, 5) is 25.2. The molecule has 6 heteroatoms. The third kappa shape index (κ3) is 3.75. The Bertz CT molecular complexity index is 589. The van der Waals surface area contributed by atoms with Gasteiger partial charge >= 0.3 is 0 Å². The van der Waals surface area contributed by atoms with Crippen molar-refractivity contribution in [3.05, 3.63) is 47.7 Å². The summed E-state index contributed by atoms with van der Waals surface area (Å²) in [7, 11) is 0. The summed E-state index contributed by atoms with van der Waals surface area (Å²) >= 11 is 3.25. The van der Waals surface area contributed by atoms with E-state index in [4.69, 9.17) is 0 Å². The van der Waals surface area contributed by atoms with E-state index in [1.165, 1.54) is 23.2 Å². The highest BCUT2D eigenvalue weighted by molar-refractivity contribution is 9.09. The number of nitrogens with zero attached hydrogens (tertiary/aromatic N) is 1. The molecule has 0 radical (unpaired) electrons. The van der Waals surface area contributed by atoms with Crippen molar-refractivity contribution in [1.82, 2.24) is 4.90 Å². The number of rotatable bonds is 4. The standard InChI is InChI=1S/C15H14BrF2NO2/c16-6-1-2-15(21)19-7-5-11(20)9-14(19)10-3-4-12(17)13(18)8-10/h3-5,7-8,14H,1-2,6,9H2. The molecule has 1 amide bonds. The minimum absolute atomic E-state index is 0.0711. The molecule has 1 unspecified atom stereocenters. The summed E-state index contributed by atoms with van der Waals surface area (Å²) in [5.41, 5.74) is 0.416. The quantitative estimate of drug-likeness (QED) is 0.773. The van der Waals surface area contributed by atoms with Crippen LogP contribution in [0.3, 0.4) is 0 Å². The molecule has 2 rings (SSSR count). The highest BCUT2D eigenvalue weighted by Gasteiger charge is 2.28. The normalized spacial score (nSPS) is 18.1. The van der Waals surface area contributed by atoms with Crippen LogP contribution in [0.5, 0.6) is 0 Å². The smallest absolute Gasteiger partial charge is 0.227 e. The van der Waals surface area contributed by atoms with Crippen molar-refractivity contribution in [3.8, 4) is 0 Å². The largest absolute Gasteiger partial charge is 0.311 e. The lowest BCUT2D eigenvalue weighted by Gasteiger charge is -2.31. The SMILES string of the molecule is O=C1C=CN(C(=O)CCCBr)C(c2ccc(F)c(F)c2)C1. The maximum Gasteiger partial charge on any atom is 0.227 e. The summed E-state index contributed by atoms with van der Waals surface area (Å²) in [6.07, 6.45) is 3.82. The zero-order valence-electron chi connectivity index (χ0n) is 11.2. The predicted molar refractivity (Wildman–Crippen MR) is 77.7 cm³/mol. The van der Waals surface area contributed by atoms with Gasteiger partial charge in [0.15, 0.2) is 17.4 Å². The van der Waals surface area contributed by atoms with Crippen LogP contribution in [0.2, 0.25) is 0 Å². The monoisotopic (exact) mass is 357 g/mol. The molecule has 1 aliphatic heterocycles. The molecule has 1 atom stereocenters. The topological polar surface area (TPSA) is 37.4 Å². The molecular weight excluding hydrogens is 344 g/mol. The average Bonchev–Trinajstić information content (AvgIpc) is 2.47. The van der Waals surface area contributed by atoms with E-state index in [0.29, 0.717) is 23.7 Å². The van der Waals surface area contributed by atoms with Crippen molar-refractivity contribution in [3.63, 3.8) is 0 Å². The van der Waals surface area contributed by atoms with E-state index in [9.17, 15) is 18.4 Å². The number of ketones is 1. The van der Waals surface area contributed by atoms with Crippen molar-refractivity contribution in [1.29, 1.82) is 0 Å². The van der Waals surface area contributed by atoms with Crippen molar-refractivity contribution in [2.75, 3.05) is 5.33 Å². The van der Waals surface area contributed by atoms with Crippen molar-refractivity contribution >= 4 is 27.6 Å². The van der Waals surface area contributed by atoms with Gasteiger partial charge in [0.2, 0.25) is 5.91 Å². The second-order valence-corrected chi connectivity index (χ2v) is 5.56. The number of amides is 1. The third-order valence-corrected chi connectivity index (χ3v) is 3.85. The molecule has 1 aromatic carbocycles. The number of alkyl halides is 1. The van der Waals surface area contributed by atoms with Crippen molar-refractivity contribution in [2.45, 2.75) is 25.3 Å². The number of hydrogen-bond donors (Lipinski definition) is 0. The minimum Gasteiger partial charge on any atom is -0.311 e. The lowest BCUT2D eigenvalue weighted by atomic mass is 9.96. The van der Waals surface area contributed by atoms with Crippen molar-refractivity contribution < 1.29 is 18.4 Å². The minimum atomic E-state index is -0.984. The van der Waals surface area contributed by atoms with Crippen LogP contribution in [-0.4, -0.2) is 21.9 Å². The molecule has 1 aromatic rings. The van der Waals surface area contributed by atoms with Gasteiger partial charge in [-0.15, -0.1) is 0 Å². The average molecular weight is 358 g/mol. The Kier molecular flexibility index (Phi) is 5.22. The fraction of sp³-hybridized carbons (Fsp3) is 0.333. The molecule has 0 bridgehead atoms. The maximum absolute atomic E-state index is 13.4. The Hall–Kier alpha value is -1.56. The summed E-state index contributed by atoms with van der Waals surface area (Å²) in [5, 5.41) is 0.699. The molecule has 0 N–H and O–H groups in total. The Morgan fingerprint density at radius 2 is 2.10 bits per heavy atom. The molecule has 0 saturated carbocycles. The van der Waals surface area contributed by atoms with Crippen LogP contribution < -0.4 is 0 Å². The van der Waals surface area contributed by atoms with Gasteiger partial charge in [-0.2, -0.15) is 0 Å². The van der Waals surface area contributed by atoms with Gasteiger partial charge < -0.3 is 4.90 Å². The van der Waals surface area contributed by atoms with Gasteiger partial charge in [-0.05, 0) is 30.2 Å². The van der Waals surface area contributed by atoms with Crippen LogP contribution in [0.1, 0.15) is 30.9 Å². The molecule has 3 nitrogen and oxygen atoms in total. The number of benzene rings is 1. The number of carbonyl (C=O) groups excluding carboxylic acids is 2. The molecule has 0 fully saturated rings. The van der Waals surface area contributed by atoms with E-state index in [1.54, 1.807) is 0 Å². The van der Waals surface area contributed by atoms with Gasteiger partial charge in [0.1, 0.15) is 0 Å². The molecule has 112 valence electrons. The van der Waals surface area contributed by atoms with Gasteiger partial charge in [-0.25, -0.2) is 8.78 Å². The maximum atomic E-state index is 13.4. The molecule has 0 aliphatic carbocycles. The third-order valence-electron chi connectivity index (χ3n) is 3.29. The second kappa shape index (κ2) is 6.93. The van der Waals surface area contributed by atoms with Gasteiger partial charge in [-0.3, -0.25) is 9.59 Å². The Morgan fingerprint density at radius 1 is 1.33 bits per heavy atom. The first kappa shape index (κ1) is 15.8. The zero-order chi connectivity index (χ0) is 15.4.